The minimum absolute atomic E-state index is 0.0225. The van der Waals surface area contributed by atoms with Crippen LogP contribution in [0.25, 0.3) is 0 Å². The van der Waals surface area contributed by atoms with Gasteiger partial charge in [0.05, 0.1) is 12.0 Å². The van der Waals surface area contributed by atoms with E-state index in [4.69, 9.17) is 10.5 Å². The molecular formula is C17H26N4O2. The molecule has 126 valence electrons. The lowest BCUT2D eigenvalue weighted by molar-refractivity contribution is -0.161. The van der Waals surface area contributed by atoms with Crippen LogP contribution in [0.4, 0.5) is 5.82 Å². The predicted molar refractivity (Wildman–Crippen MR) is 91.1 cm³/mol. The second-order valence-corrected chi connectivity index (χ2v) is 6.89. The molecule has 6 nitrogen and oxygen atoms in total. The fourth-order valence-corrected chi connectivity index (χ4v) is 2.62. The van der Waals surface area contributed by atoms with E-state index in [1.54, 1.807) is 6.20 Å². The molecule has 1 aliphatic carbocycles. The number of esters is 1. The van der Waals surface area contributed by atoms with Gasteiger partial charge in [-0.3, -0.25) is 4.79 Å². The molecule has 3 N–H and O–H groups in total. The van der Waals surface area contributed by atoms with Gasteiger partial charge in [0.2, 0.25) is 0 Å². The van der Waals surface area contributed by atoms with Crippen molar-refractivity contribution < 1.29 is 9.53 Å². The highest BCUT2D eigenvalue weighted by molar-refractivity contribution is 5.91. The molecule has 0 bridgehead atoms. The zero-order chi connectivity index (χ0) is 16.9. The number of nitrogens with zero attached hydrogens (tertiary/aromatic N) is 2. The van der Waals surface area contributed by atoms with Gasteiger partial charge in [-0.05, 0) is 58.6 Å². The van der Waals surface area contributed by atoms with E-state index < -0.39 is 5.60 Å². The Morgan fingerprint density at radius 1 is 1.30 bits per heavy atom. The highest BCUT2D eigenvalue weighted by Gasteiger charge is 2.29. The van der Waals surface area contributed by atoms with Gasteiger partial charge in [-0.15, -0.1) is 0 Å². The number of ether oxygens (including phenoxy) is 1. The van der Waals surface area contributed by atoms with Crippen molar-refractivity contribution in [1.82, 2.24) is 4.98 Å². The molecule has 0 unspecified atom stereocenters. The van der Waals surface area contributed by atoms with Crippen LogP contribution in [0.2, 0.25) is 0 Å². The molecule has 1 saturated carbocycles. The van der Waals surface area contributed by atoms with Crippen LogP contribution >= 0.6 is 0 Å². The van der Waals surface area contributed by atoms with E-state index in [0.29, 0.717) is 11.8 Å². The third-order valence-electron chi connectivity index (χ3n) is 3.68. The van der Waals surface area contributed by atoms with Gasteiger partial charge in [0.15, 0.2) is 5.96 Å². The molecule has 0 aromatic carbocycles. The summed E-state index contributed by atoms with van der Waals surface area (Å²) in [5.74, 6) is 0.922. The fourth-order valence-electron chi connectivity index (χ4n) is 2.62. The SMILES string of the molecule is CC(C)(C)OC(=O)C1CCC(N=C(N)Nc2ccccn2)CC1. The molecule has 1 fully saturated rings. The summed E-state index contributed by atoms with van der Waals surface area (Å²) in [7, 11) is 0. The summed E-state index contributed by atoms with van der Waals surface area (Å²) in [6, 6.07) is 5.71. The first-order valence-electron chi connectivity index (χ1n) is 8.08. The summed E-state index contributed by atoms with van der Waals surface area (Å²) >= 11 is 0. The number of carbonyl (C=O) groups is 1. The quantitative estimate of drug-likeness (QED) is 0.508. The van der Waals surface area contributed by atoms with Gasteiger partial charge in [-0.2, -0.15) is 0 Å². The van der Waals surface area contributed by atoms with Gasteiger partial charge < -0.3 is 15.8 Å². The van der Waals surface area contributed by atoms with Crippen LogP contribution < -0.4 is 11.1 Å². The molecule has 23 heavy (non-hydrogen) atoms. The third-order valence-corrected chi connectivity index (χ3v) is 3.68. The average molecular weight is 318 g/mol. The Balaban J connectivity index is 1.82. The van der Waals surface area contributed by atoms with Gasteiger partial charge >= 0.3 is 5.97 Å². The van der Waals surface area contributed by atoms with Crippen LogP contribution in [0, 0.1) is 5.92 Å². The molecule has 0 atom stereocenters. The molecule has 1 heterocycles. The summed E-state index contributed by atoms with van der Waals surface area (Å²) in [6.45, 7) is 5.68. The van der Waals surface area contributed by atoms with Crippen LogP contribution in [-0.4, -0.2) is 28.6 Å². The van der Waals surface area contributed by atoms with Crippen LogP contribution in [0.5, 0.6) is 0 Å². The van der Waals surface area contributed by atoms with E-state index in [1.807, 2.05) is 39.0 Å². The van der Waals surface area contributed by atoms with Crippen molar-refractivity contribution >= 4 is 17.7 Å². The molecule has 0 amide bonds. The lowest BCUT2D eigenvalue weighted by atomic mass is 9.86. The molecule has 6 heteroatoms. The molecule has 0 radical (unpaired) electrons. The van der Waals surface area contributed by atoms with Crippen molar-refractivity contribution in [3.63, 3.8) is 0 Å². The zero-order valence-electron chi connectivity index (χ0n) is 14.1. The van der Waals surface area contributed by atoms with Crippen molar-refractivity contribution in [3.05, 3.63) is 24.4 Å². The predicted octanol–water partition coefficient (Wildman–Crippen LogP) is 2.71. The van der Waals surface area contributed by atoms with E-state index >= 15 is 0 Å². The number of hydrogen-bond donors (Lipinski definition) is 2. The number of anilines is 1. The smallest absolute Gasteiger partial charge is 0.309 e. The second-order valence-electron chi connectivity index (χ2n) is 6.89. The summed E-state index contributed by atoms with van der Waals surface area (Å²) in [5, 5.41) is 2.98. The van der Waals surface area contributed by atoms with E-state index in [9.17, 15) is 4.79 Å². The highest BCUT2D eigenvalue weighted by Crippen LogP contribution is 2.28. The topological polar surface area (TPSA) is 89.6 Å². The molecule has 0 spiro atoms. The van der Waals surface area contributed by atoms with E-state index in [1.165, 1.54) is 0 Å². The Morgan fingerprint density at radius 3 is 2.57 bits per heavy atom. The number of aromatic nitrogens is 1. The Hall–Kier alpha value is -2.11. The third kappa shape index (κ3) is 5.88. The van der Waals surface area contributed by atoms with E-state index in [-0.39, 0.29) is 17.9 Å². The van der Waals surface area contributed by atoms with Crippen LogP contribution in [0.3, 0.4) is 0 Å². The zero-order valence-corrected chi connectivity index (χ0v) is 14.1. The molecular weight excluding hydrogens is 292 g/mol. The Labute approximate surface area is 137 Å². The molecule has 0 aliphatic heterocycles. The number of nitrogens with one attached hydrogen (secondary N) is 1. The Kier molecular flexibility index (Phi) is 5.58. The Morgan fingerprint density at radius 2 is 2.00 bits per heavy atom. The summed E-state index contributed by atoms with van der Waals surface area (Å²) < 4.78 is 5.45. The van der Waals surface area contributed by atoms with Crippen molar-refractivity contribution in [3.8, 4) is 0 Å². The normalized spacial score (nSPS) is 22.5. The number of hydrogen-bond acceptors (Lipinski definition) is 4. The monoisotopic (exact) mass is 318 g/mol. The number of aliphatic imine (C=N–C) groups is 1. The minimum Gasteiger partial charge on any atom is -0.460 e. The Bertz CT molecular complexity index is 543. The lowest BCUT2D eigenvalue weighted by Gasteiger charge is -2.28. The van der Waals surface area contributed by atoms with Gasteiger partial charge in [-0.25, -0.2) is 9.98 Å². The standard InChI is InChI=1S/C17H26N4O2/c1-17(2,3)23-15(22)12-7-9-13(10-8-12)20-16(18)21-14-6-4-5-11-19-14/h4-6,11-13H,7-10H2,1-3H3,(H3,18,19,20,21). The summed E-state index contributed by atoms with van der Waals surface area (Å²) in [4.78, 5) is 20.7. The van der Waals surface area contributed by atoms with Crippen molar-refractivity contribution in [2.75, 3.05) is 5.32 Å². The van der Waals surface area contributed by atoms with Crippen molar-refractivity contribution in [1.29, 1.82) is 0 Å². The fraction of sp³-hybridized carbons (Fsp3) is 0.588. The first-order valence-corrected chi connectivity index (χ1v) is 8.08. The van der Waals surface area contributed by atoms with Crippen molar-refractivity contribution in [2.45, 2.75) is 58.1 Å². The minimum atomic E-state index is -0.427. The molecule has 1 aromatic rings. The first-order chi connectivity index (χ1) is 10.8. The number of guanidine groups is 1. The van der Waals surface area contributed by atoms with Gasteiger partial charge in [-0.1, -0.05) is 6.07 Å². The van der Waals surface area contributed by atoms with E-state index in [0.717, 1.165) is 25.7 Å². The number of nitrogens with two attached hydrogens (primary N) is 1. The van der Waals surface area contributed by atoms with E-state index in [2.05, 4.69) is 15.3 Å². The second kappa shape index (κ2) is 7.44. The van der Waals surface area contributed by atoms with Crippen molar-refractivity contribution in [2.24, 2.45) is 16.6 Å². The van der Waals surface area contributed by atoms with Gasteiger partial charge in [0.25, 0.3) is 0 Å². The summed E-state index contributed by atoms with van der Waals surface area (Å²) in [5.41, 5.74) is 5.49. The maximum Gasteiger partial charge on any atom is 0.309 e. The maximum absolute atomic E-state index is 12.1. The number of rotatable bonds is 3. The molecule has 2 rings (SSSR count). The maximum atomic E-state index is 12.1. The largest absolute Gasteiger partial charge is 0.460 e. The molecule has 0 saturated heterocycles. The molecule has 1 aliphatic rings. The summed E-state index contributed by atoms with van der Waals surface area (Å²) in [6.07, 6.45) is 4.96. The molecule has 1 aromatic heterocycles. The van der Waals surface area contributed by atoms with Crippen LogP contribution in [-0.2, 0) is 9.53 Å². The number of carbonyl (C=O) groups excluding carboxylic acids is 1. The lowest BCUT2D eigenvalue weighted by Crippen LogP contribution is -2.32. The van der Waals surface area contributed by atoms with Gasteiger partial charge in [0.1, 0.15) is 11.4 Å². The average Bonchev–Trinajstić information content (AvgIpc) is 2.47. The highest BCUT2D eigenvalue weighted by atomic mass is 16.6. The van der Waals surface area contributed by atoms with Crippen LogP contribution in [0.1, 0.15) is 46.5 Å². The van der Waals surface area contributed by atoms with Gasteiger partial charge in [0, 0.05) is 6.20 Å². The first kappa shape index (κ1) is 17.2. The van der Waals surface area contributed by atoms with Crippen LogP contribution in [0.15, 0.2) is 29.4 Å². The number of pyridine rings is 1.